The molecule has 0 radical (unpaired) electrons. The second-order valence-corrected chi connectivity index (χ2v) is 13.9. The number of hydrogen-bond acceptors (Lipinski definition) is 8. The second kappa shape index (κ2) is 14.3. The minimum atomic E-state index is -0.301. The van der Waals surface area contributed by atoms with Crippen molar-refractivity contribution in [3.05, 3.63) is 118 Å². The van der Waals surface area contributed by atoms with Crippen molar-refractivity contribution in [2.24, 2.45) is 0 Å². The summed E-state index contributed by atoms with van der Waals surface area (Å²) in [4.78, 5) is 43.8. The largest absolute Gasteiger partial charge is 0.493 e. The minimum Gasteiger partial charge on any atom is -0.493 e. The number of para-hydroxylation sites is 2. The molecule has 0 bridgehead atoms. The van der Waals surface area contributed by atoms with E-state index >= 15 is 0 Å². The maximum absolute atomic E-state index is 13.8. The standard InChI is InChI=1S/C42H42N4O7/c1-25-14-32-27(12-13-30-16-28-8-4-6-10-35(28)45(30)41(32)48)18-37(25)53-24-51-22-26(15-40(47)43-2)23-52-39-20-34-33(19-38(39)50-3)42(49)46-31(21-44-34)17-29-9-5-7-11-36(29)46/h4-11,14-15,18-20,30-31,44H,12-13,16-17,21-24H2,1-3H3,(H,43,47)/b26-15+/t30-,31+/m1/s1. The van der Waals surface area contributed by atoms with Crippen LogP contribution in [0.5, 0.6) is 17.2 Å². The Kier molecular flexibility index (Phi) is 9.26. The van der Waals surface area contributed by atoms with E-state index in [2.05, 4.69) is 22.8 Å². The zero-order valence-electron chi connectivity index (χ0n) is 30.1. The number of amides is 3. The molecule has 4 aliphatic rings. The smallest absolute Gasteiger partial charge is 0.260 e. The van der Waals surface area contributed by atoms with E-state index < -0.39 is 0 Å². The molecule has 0 fully saturated rings. The molecule has 4 aliphatic heterocycles. The zero-order valence-corrected chi connectivity index (χ0v) is 30.1. The summed E-state index contributed by atoms with van der Waals surface area (Å²) in [6.45, 7) is 2.52. The van der Waals surface area contributed by atoms with Gasteiger partial charge in [-0.2, -0.15) is 0 Å². The van der Waals surface area contributed by atoms with Gasteiger partial charge < -0.3 is 39.4 Å². The summed E-state index contributed by atoms with van der Waals surface area (Å²) < 4.78 is 23.8. The first-order valence-electron chi connectivity index (χ1n) is 18.0. The summed E-state index contributed by atoms with van der Waals surface area (Å²) in [6, 6.07) is 23.6. The number of hydrogen-bond donors (Lipinski definition) is 2. The van der Waals surface area contributed by atoms with Gasteiger partial charge in [0.05, 0.1) is 31.0 Å². The first kappa shape index (κ1) is 34.3. The Bertz CT molecular complexity index is 2150. The Morgan fingerprint density at radius 2 is 1.53 bits per heavy atom. The van der Waals surface area contributed by atoms with Crippen molar-refractivity contribution >= 4 is 34.8 Å². The first-order chi connectivity index (χ1) is 25.8. The lowest BCUT2D eigenvalue weighted by molar-refractivity contribution is -0.116. The van der Waals surface area contributed by atoms with Gasteiger partial charge in [-0.25, -0.2) is 0 Å². The van der Waals surface area contributed by atoms with Gasteiger partial charge in [0.1, 0.15) is 12.4 Å². The van der Waals surface area contributed by atoms with Crippen LogP contribution in [0.3, 0.4) is 0 Å². The fraction of sp³-hybridized carbons (Fsp3) is 0.310. The highest BCUT2D eigenvalue weighted by molar-refractivity contribution is 6.12. The molecular formula is C42H42N4O7. The van der Waals surface area contributed by atoms with Crippen LogP contribution in [0.25, 0.3) is 0 Å². The van der Waals surface area contributed by atoms with Gasteiger partial charge in [0.25, 0.3) is 11.8 Å². The maximum atomic E-state index is 13.8. The molecule has 4 heterocycles. The monoisotopic (exact) mass is 714 g/mol. The highest BCUT2D eigenvalue weighted by Gasteiger charge is 2.39. The summed E-state index contributed by atoms with van der Waals surface area (Å²) >= 11 is 0. The van der Waals surface area contributed by atoms with Gasteiger partial charge in [0.15, 0.2) is 18.3 Å². The molecule has 272 valence electrons. The van der Waals surface area contributed by atoms with Gasteiger partial charge in [-0.15, -0.1) is 0 Å². The van der Waals surface area contributed by atoms with Crippen molar-refractivity contribution in [2.45, 2.75) is 44.7 Å². The Morgan fingerprint density at radius 1 is 0.830 bits per heavy atom. The molecule has 0 aliphatic carbocycles. The number of rotatable bonds is 10. The molecule has 0 spiro atoms. The van der Waals surface area contributed by atoms with E-state index in [1.54, 1.807) is 19.2 Å². The van der Waals surface area contributed by atoms with Gasteiger partial charge in [0.2, 0.25) is 5.91 Å². The molecule has 11 nitrogen and oxygen atoms in total. The predicted molar refractivity (Wildman–Crippen MR) is 202 cm³/mol. The van der Waals surface area contributed by atoms with Crippen LogP contribution in [-0.4, -0.2) is 70.5 Å². The first-order valence-corrected chi connectivity index (χ1v) is 18.0. The number of anilines is 3. The van der Waals surface area contributed by atoms with Gasteiger partial charge in [-0.05, 0) is 90.8 Å². The quantitative estimate of drug-likeness (QED) is 0.124. The summed E-state index contributed by atoms with van der Waals surface area (Å²) in [5.74, 6) is 1.10. The van der Waals surface area contributed by atoms with E-state index in [1.807, 2.05) is 65.3 Å². The Morgan fingerprint density at radius 3 is 2.26 bits per heavy atom. The molecule has 4 aromatic rings. The Hall–Kier alpha value is -5.81. The molecule has 2 atom stereocenters. The number of ether oxygens (including phenoxy) is 4. The van der Waals surface area contributed by atoms with Crippen molar-refractivity contribution in [3.63, 3.8) is 0 Å². The maximum Gasteiger partial charge on any atom is 0.260 e. The number of likely N-dealkylation sites (N-methyl/N-ethyl adjacent to an activating group) is 1. The number of methoxy groups -OCH3 is 1. The van der Waals surface area contributed by atoms with Crippen molar-refractivity contribution in [2.75, 3.05) is 55.8 Å². The lowest BCUT2D eigenvalue weighted by atomic mass is 9.98. The van der Waals surface area contributed by atoms with E-state index in [0.29, 0.717) is 46.2 Å². The molecule has 2 N–H and O–H groups in total. The van der Waals surface area contributed by atoms with Crippen LogP contribution in [-0.2, 0) is 28.8 Å². The summed E-state index contributed by atoms with van der Waals surface area (Å²) in [5.41, 5.74) is 8.54. The minimum absolute atomic E-state index is 0.00271. The van der Waals surface area contributed by atoms with Crippen molar-refractivity contribution in [1.82, 2.24) is 5.32 Å². The van der Waals surface area contributed by atoms with Crippen molar-refractivity contribution < 1.29 is 33.3 Å². The van der Waals surface area contributed by atoms with Crippen LogP contribution < -0.4 is 34.6 Å². The summed E-state index contributed by atoms with van der Waals surface area (Å²) in [5, 5.41) is 6.06. The predicted octanol–water partition coefficient (Wildman–Crippen LogP) is 5.62. The molecule has 4 aromatic carbocycles. The van der Waals surface area contributed by atoms with Gasteiger partial charge >= 0.3 is 0 Å². The highest BCUT2D eigenvalue weighted by Crippen LogP contribution is 2.41. The number of fused-ring (bicyclic) bond motifs is 8. The third-order valence-electron chi connectivity index (χ3n) is 10.6. The zero-order chi connectivity index (χ0) is 36.6. The van der Waals surface area contributed by atoms with E-state index in [-0.39, 0.29) is 49.8 Å². The highest BCUT2D eigenvalue weighted by atomic mass is 16.7. The molecule has 0 saturated carbocycles. The number of carbonyl (C=O) groups excluding carboxylic acids is 3. The molecule has 0 aromatic heterocycles. The van der Waals surface area contributed by atoms with E-state index in [4.69, 9.17) is 18.9 Å². The SMILES string of the molecule is CNC(=O)/C=C(\COCOc1cc2c(cc1C)C(=O)N1c3ccccc3C[C@H]1CC2)COc1cc2c(cc1OC)C(=O)N1c3ccccc3C[C@H]1CN2. The number of carbonyl (C=O) groups is 3. The van der Waals surface area contributed by atoms with E-state index in [0.717, 1.165) is 53.7 Å². The summed E-state index contributed by atoms with van der Waals surface area (Å²) in [7, 11) is 3.08. The number of nitrogens with one attached hydrogen (secondary N) is 2. The molecule has 3 amide bonds. The van der Waals surface area contributed by atoms with Crippen molar-refractivity contribution in [1.29, 1.82) is 0 Å². The number of nitrogens with zero attached hydrogens (tertiary/aromatic N) is 2. The molecule has 8 rings (SSSR count). The molecule has 11 heteroatoms. The van der Waals surface area contributed by atoms with Crippen molar-refractivity contribution in [3.8, 4) is 17.2 Å². The third kappa shape index (κ3) is 6.46. The van der Waals surface area contributed by atoms with Gasteiger partial charge in [-0.3, -0.25) is 14.4 Å². The molecular weight excluding hydrogens is 672 g/mol. The fourth-order valence-electron chi connectivity index (χ4n) is 7.95. The molecule has 0 unspecified atom stereocenters. The third-order valence-corrected chi connectivity index (χ3v) is 10.6. The van der Waals surface area contributed by atoms with E-state index in [1.165, 1.54) is 18.7 Å². The van der Waals surface area contributed by atoms with Crippen LogP contribution in [0.1, 0.15) is 49.4 Å². The fourth-order valence-corrected chi connectivity index (χ4v) is 7.95. The Balaban J connectivity index is 0.927. The van der Waals surface area contributed by atoms with Crippen LogP contribution in [0.15, 0.2) is 84.4 Å². The van der Waals surface area contributed by atoms with Gasteiger partial charge in [-0.1, -0.05) is 36.4 Å². The second-order valence-electron chi connectivity index (χ2n) is 13.9. The Labute approximate surface area is 308 Å². The van der Waals surface area contributed by atoms with Crippen LogP contribution in [0, 0.1) is 6.92 Å². The average Bonchev–Trinajstić information content (AvgIpc) is 3.67. The average molecular weight is 715 g/mol. The number of benzene rings is 4. The summed E-state index contributed by atoms with van der Waals surface area (Å²) in [6.07, 6.45) is 4.72. The van der Waals surface area contributed by atoms with Crippen LogP contribution >= 0.6 is 0 Å². The lowest BCUT2D eigenvalue weighted by Crippen LogP contribution is -2.39. The normalized spacial score (nSPS) is 18.4. The molecule has 0 saturated heterocycles. The topological polar surface area (TPSA) is 119 Å². The van der Waals surface area contributed by atoms with Gasteiger partial charge in [0, 0.05) is 48.7 Å². The molecule has 53 heavy (non-hydrogen) atoms. The van der Waals surface area contributed by atoms with Crippen LogP contribution in [0.4, 0.5) is 17.1 Å². The van der Waals surface area contributed by atoms with E-state index in [9.17, 15) is 14.4 Å². The lowest BCUT2D eigenvalue weighted by Gasteiger charge is -2.23. The van der Waals surface area contributed by atoms with Crippen LogP contribution in [0.2, 0.25) is 0 Å². The number of aryl methyl sites for hydroxylation is 2.